The minimum absolute atomic E-state index is 0.101. The number of ether oxygens (including phenoxy) is 1. The van der Waals surface area contributed by atoms with E-state index >= 15 is 0 Å². The number of halogens is 1. The fraction of sp³-hybridized carbons (Fsp3) is 0.500. The topological polar surface area (TPSA) is 50.7 Å². The molecule has 0 bridgehead atoms. The summed E-state index contributed by atoms with van der Waals surface area (Å²) in [6.07, 6.45) is 0.802. The van der Waals surface area contributed by atoms with Gasteiger partial charge in [0.25, 0.3) is 11.9 Å². The summed E-state index contributed by atoms with van der Waals surface area (Å²) in [5.41, 5.74) is 0.235. The van der Waals surface area contributed by atoms with Gasteiger partial charge >= 0.3 is 0 Å². The molecule has 4 nitrogen and oxygen atoms in total. The van der Waals surface area contributed by atoms with Gasteiger partial charge in [0.1, 0.15) is 5.82 Å². The quantitative estimate of drug-likeness (QED) is 0.668. The van der Waals surface area contributed by atoms with E-state index in [1.54, 1.807) is 6.07 Å². The van der Waals surface area contributed by atoms with E-state index in [0.717, 1.165) is 6.42 Å². The highest BCUT2D eigenvalue weighted by Crippen LogP contribution is 2.04. The molecule has 1 aromatic rings. The van der Waals surface area contributed by atoms with E-state index in [4.69, 9.17) is 4.74 Å². The number of hydrogen-bond acceptors (Lipinski definition) is 3. The van der Waals surface area contributed by atoms with Crippen molar-refractivity contribution in [1.82, 2.24) is 5.32 Å². The van der Waals surface area contributed by atoms with Crippen LogP contribution in [0.2, 0.25) is 0 Å². The van der Waals surface area contributed by atoms with Crippen LogP contribution < -0.4 is 5.32 Å². The van der Waals surface area contributed by atoms with Crippen molar-refractivity contribution in [3.05, 3.63) is 35.6 Å². The van der Waals surface area contributed by atoms with Gasteiger partial charge in [0, 0.05) is 12.1 Å². The van der Waals surface area contributed by atoms with Crippen LogP contribution in [0.1, 0.15) is 44.5 Å². The first-order valence-electron chi connectivity index (χ1n) is 7.16. The molecule has 0 atom stereocenters. The van der Waals surface area contributed by atoms with Gasteiger partial charge in [0.2, 0.25) is 0 Å². The molecule has 0 saturated heterocycles. The van der Waals surface area contributed by atoms with Crippen LogP contribution in [0.25, 0.3) is 0 Å². The number of nitrogens with zero attached hydrogens (tertiary/aromatic N) is 1. The molecule has 1 amide bonds. The summed E-state index contributed by atoms with van der Waals surface area (Å²) in [5, 5.41) is 2.59. The second-order valence-electron chi connectivity index (χ2n) is 5.50. The van der Waals surface area contributed by atoms with Gasteiger partial charge in [-0.05, 0) is 44.4 Å². The molecule has 0 fully saturated rings. The van der Waals surface area contributed by atoms with Crippen LogP contribution in [0.3, 0.4) is 0 Å². The second kappa shape index (κ2) is 8.39. The van der Waals surface area contributed by atoms with Gasteiger partial charge < -0.3 is 4.74 Å². The molecule has 5 heteroatoms. The number of carbonyl (C=O) groups is 1. The molecule has 0 aromatic heterocycles. The highest BCUT2D eigenvalue weighted by atomic mass is 19.1. The van der Waals surface area contributed by atoms with Crippen LogP contribution >= 0.6 is 0 Å². The van der Waals surface area contributed by atoms with Crippen LogP contribution in [-0.2, 0) is 4.74 Å². The van der Waals surface area contributed by atoms with Crippen LogP contribution in [0.5, 0.6) is 0 Å². The molecule has 21 heavy (non-hydrogen) atoms. The summed E-state index contributed by atoms with van der Waals surface area (Å²) >= 11 is 0. The molecule has 0 aliphatic rings. The van der Waals surface area contributed by atoms with Gasteiger partial charge in [-0.3, -0.25) is 10.1 Å². The zero-order chi connectivity index (χ0) is 15.8. The first-order valence-corrected chi connectivity index (χ1v) is 7.16. The Labute approximate surface area is 125 Å². The Morgan fingerprint density at radius 1 is 1.33 bits per heavy atom. The van der Waals surface area contributed by atoms with Gasteiger partial charge in [0.15, 0.2) is 0 Å². The monoisotopic (exact) mass is 294 g/mol. The summed E-state index contributed by atoms with van der Waals surface area (Å²) in [4.78, 5) is 16.3. The SMILES string of the molecule is CC(C)CCN=C(NC(=O)c1cccc(F)c1)OC(C)C. The molecule has 0 radical (unpaired) electrons. The Morgan fingerprint density at radius 2 is 2.05 bits per heavy atom. The maximum absolute atomic E-state index is 13.1. The minimum atomic E-state index is -0.453. The molecule has 0 aliphatic carbocycles. The van der Waals surface area contributed by atoms with Gasteiger partial charge in [-0.1, -0.05) is 19.9 Å². The molecular formula is C16H23FN2O2. The van der Waals surface area contributed by atoms with Crippen molar-refractivity contribution in [3.63, 3.8) is 0 Å². The van der Waals surface area contributed by atoms with E-state index < -0.39 is 11.7 Å². The van der Waals surface area contributed by atoms with Gasteiger partial charge in [-0.15, -0.1) is 0 Å². The molecule has 0 spiro atoms. The minimum Gasteiger partial charge on any atom is -0.462 e. The summed E-state index contributed by atoms with van der Waals surface area (Å²) in [6, 6.07) is 5.68. The van der Waals surface area contributed by atoms with E-state index in [0.29, 0.717) is 12.5 Å². The molecule has 0 aliphatic heterocycles. The maximum atomic E-state index is 13.1. The van der Waals surface area contributed by atoms with Gasteiger partial charge in [0.05, 0.1) is 6.10 Å². The lowest BCUT2D eigenvalue weighted by Crippen LogP contribution is -2.34. The molecule has 0 unspecified atom stereocenters. The van der Waals surface area contributed by atoms with Crippen LogP contribution in [0, 0.1) is 11.7 Å². The summed E-state index contributed by atoms with van der Waals surface area (Å²) in [5.74, 6) is -0.364. The molecule has 0 saturated carbocycles. The van der Waals surface area contributed by atoms with E-state index in [1.807, 2.05) is 13.8 Å². The predicted octanol–water partition coefficient (Wildman–Crippen LogP) is 3.38. The van der Waals surface area contributed by atoms with Crippen molar-refractivity contribution in [2.75, 3.05) is 6.54 Å². The Bertz CT molecular complexity index is 499. The van der Waals surface area contributed by atoms with Crippen LogP contribution in [0.4, 0.5) is 4.39 Å². The molecular weight excluding hydrogens is 271 g/mol. The predicted molar refractivity (Wildman–Crippen MR) is 81.8 cm³/mol. The maximum Gasteiger partial charge on any atom is 0.291 e. The molecule has 116 valence electrons. The standard InChI is InChI=1S/C16H23FN2O2/c1-11(2)8-9-18-16(21-12(3)4)19-15(20)13-6-5-7-14(17)10-13/h5-7,10-12H,8-9H2,1-4H3,(H,18,19,20). The lowest BCUT2D eigenvalue weighted by Gasteiger charge is -2.13. The van der Waals surface area contributed by atoms with E-state index in [-0.39, 0.29) is 17.7 Å². The molecule has 1 rings (SSSR count). The number of hydrogen-bond donors (Lipinski definition) is 1. The third kappa shape index (κ3) is 6.88. The van der Waals surface area contributed by atoms with Crippen LogP contribution in [0.15, 0.2) is 29.3 Å². The average Bonchev–Trinajstić information content (AvgIpc) is 2.37. The smallest absolute Gasteiger partial charge is 0.291 e. The fourth-order valence-electron chi connectivity index (χ4n) is 1.55. The highest BCUT2D eigenvalue weighted by molar-refractivity contribution is 6.04. The number of aliphatic imine (C=N–C) groups is 1. The van der Waals surface area contributed by atoms with E-state index in [2.05, 4.69) is 24.2 Å². The van der Waals surface area contributed by atoms with E-state index in [1.165, 1.54) is 18.2 Å². The lowest BCUT2D eigenvalue weighted by molar-refractivity contribution is 0.0959. The van der Waals surface area contributed by atoms with Crippen molar-refractivity contribution in [3.8, 4) is 0 Å². The largest absolute Gasteiger partial charge is 0.462 e. The summed E-state index contributed by atoms with van der Waals surface area (Å²) in [7, 11) is 0. The Hall–Kier alpha value is -1.91. The van der Waals surface area contributed by atoms with E-state index in [9.17, 15) is 9.18 Å². The van der Waals surface area contributed by atoms with Crippen molar-refractivity contribution < 1.29 is 13.9 Å². The molecule has 0 heterocycles. The first kappa shape index (κ1) is 17.1. The first-order chi connectivity index (χ1) is 9.88. The van der Waals surface area contributed by atoms with Crippen molar-refractivity contribution in [1.29, 1.82) is 0 Å². The Balaban J connectivity index is 2.73. The third-order valence-corrected chi connectivity index (χ3v) is 2.62. The average molecular weight is 294 g/mol. The number of nitrogens with one attached hydrogen (secondary N) is 1. The van der Waals surface area contributed by atoms with Crippen molar-refractivity contribution >= 4 is 11.9 Å². The zero-order valence-electron chi connectivity index (χ0n) is 13.0. The molecule has 1 aromatic carbocycles. The number of carbonyl (C=O) groups excluding carboxylic acids is 1. The normalized spacial score (nSPS) is 11.9. The number of amides is 1. The Kier molecular flexibility index (Phi) is 6.85. The van der Waals surface area contributed by atoms with Crippen LogP contribution in [-0.4, -0.2) is 24.6 Å². The van der Waals surface area contributed by atoms with Crippen molar-refractivity contribution in [2.24, 2.45) is 10.9 Å². The lowest BCUT2D eigenvalue weighted by atomic mass is 10.1. The van der Waals surface area contributed by atoms with Gasteiger partial charge in [-0.25, -0.2) is 9.38 Å². The Morgan fingerprint density at radius 3 is 2.62 bits per heavy atom. The molecule has 1 N–H and O–H groups in total. The second-order valence-corrected chi connectivity index (χ2v) is 5.50. The highest BCUT2D eigenvalue weighted by Gasteiger charge is 2.12. The summed E-state index contributed by atoms with van der Waals surface area (Å²) < 4.78 is 18.6. The third-order valence-electron chi connectivity index (χ3n) is 2.62. The zero-order valence-corrected chi connectivity index (χ0v) is 13.0. The fourth-order valence-corrected chi connectivity index (χ4v) is 1.55. The van der Waals surface area contributed by atoms with Gasteiger partial charge in [-0.2, -0.15) is 0 Å². The number of rotatable bonds is 5. The summed E-state index contributed by atoms with van der Waals surface area (Å²) in [6.45, 7) is 8.48. The number of benzene rings is 1. The van der Waals surface area contributed by atoms with Crippen molar-refractivity contribution in [2.45, 2.75) is 40.2 Å². The number of amidine groups is 1.